The molecule has 9 heteroatoms. The quantitative estimate of drug-likeness (QED) is 0.465. The molecule has 0 aliphatic carbocycles. The lowest BCUT2D eigenvalue weighted by Gasteiger charge is -2.18. The molecule has 1 aromatic heterocycles. The second-order valence-electron chi connectivity index (χ2n) is 9.07. The zero-order chi connectivity index (χ0) is 25.0. The Morgan fingerprint density at radius 2 is 1.89 bits per heavy atom. The Morgan fingerprint density at radius 3 is 2.60 bits per heavy atom. The molecule has 0 bridgehead atoms. The molecule has 188 valence electrons. The first-order valence-electron chi connectivity index (χ1n) is 12.4. The number of hydrogen-bond donors (Lipinski definition) is 1. The second-order valence-corrected chi connectivity index (χ2v) is 11.0. The van der Waals surface area contributed by atoms with Gasteiger partial charge in [-0.2, -0.15) is 4.31 Å². The van der Waals surface area contributed by atoms with E-state index in [1.807, 2.05) is 31.5 Å². The molecule has 1 aliphatic rings. The molecule has 1 fully saturated rings. The van der Waals surface area contributed by atoms with Crippen molar-refractivity contribution >= 4 is 32.7 Å². The number of hydrogen-bond acceptors (Lipinski definition) is 5. The van der Waals surface area contributed by atoms with E-state index in [0.717, 1.165) is 30.9 Å². The number of amides is 1. The van der Waals surface area contributed by atoms with Gasteiger partial charge in [-0.05, 0) is 42.7 Å². The molecular formula is C26H35N5O3S. The molecule has 0 spiro atoms. The van der Waals surface area contributed by atoms with E-state index >= 15 is 0 Å². The van der Waals surface area contributed by atoms with E-state index in [0.29, 0.717) is 43.9 Å². The van der Waals surface area contributed by atoms with Gasteiger partial charge in [0, 0.05) is 58.3 Å². The predicted molar refractivity (Wildman–Crippen MR) is 139 cm³/mol. The third-order valence-corrected chi connectivity index (χ3v) is 8.90. The highest BCUT2D eigenvalue weighted by Crippen LogP contribution is 2.24. The van der Waals surface area contributed by atoms with E-state index in [2.05, 4.69) is 39.5 Å². The molecule has 3 aromatic rings. The minimum Gasteiger partial charge on any atom is -0.371 e. The Bertz CT molecular complexity index is 1270. The maximum absolute atomic E-state index is 12.9. The van der Waals surface area contributed by atoms with Gasteiger partial charge in [-0.15, -0.1) is 0 Å². The van der Waals surface area contributed by atoms with E-state index in [1.165, 1.54) is 9.99 Å². The Hall–Kier alpha value is -2.91. The molecule has 1 atom stereocenters. The summed E-state index contributed by atoms with van der Waals surface area (Å²) in [5.74, 6) is 1.23. The Kier molecular flexibility index (Phi) is 7.76. The number of fused-ring (bicyclic) bond motifs is 1. The van der Waals surface area contributed by atoms with E-state index in [9.17, 15) is 13.2 Å². The van der Waals surface area contributed by atoms with Gasteiger partial charge in [-0.3, -0.25) is 4.79 Å². The predicted octanol–water partition coefficient (Wildman–Crippen LogP) is 3.18. The van der Waals surface area contributed by atoms with Crippen LogP contribution in [0.25, 0.3) is 11.0 Å². The number of sulfonamides is 1. The summed E-state index contributed by atoms with van der Waals surface area (Å²) >= 11 is 0. The Balaban J connectivity index is 1.33. The van der Waals surface area contributed by atoms with Crippen LogP contribution in [0.3, 0.4) is 0 Å². The van der Waals surface area contributed by atoms with Crippen molar-refractivity contribution in [1.82, 2.24) is 19.2 Å². The molecule has 8 nitrogen and oxygen atoms in total. The maximum Gasteiger partial charge on any atom is 0.243 e. The topological polar surface area (TPSA) is 87.5 Å². The number of nitrogens with one attached hydrogen (secondary N) is 1. The van der Waals surface area contributed by atoms with Crippen molar-refractivity contribution in [1.29, 1.82) is 0 Å². The summed E-state index contributed by atoms with van der Waals surface area (Å²) in [6.45, 7) is 7.14. The van der Waals surface area contributed by atoms with Gasteiger partial charge in [0.2, 0.25) is 15.9 Å². The largest absolute Gasteiger partial charge is 0.371 e. The summed E-state index contributed by atoms with van der Waals surface area (Å²) in [5, 5.41) is 3.09. The lowest BCUT2D eigenvalue weighted by Crippen LogP contribution is -2.31. The monoisotopic (exact) mass is 497 g/mol. The van der Waals surface area contributed by atoms with Crippen molar-refractivity contribution in [2.24, 2.45) is 13.0 Å². The third kappa shape index (κ3) is 5.51. The average Bonchev–Trinajstić information content (AvgIpc) is 3.47. The zero-order valence-electron chi connectivity index (χ0n) is 20.8. The van der Waals surface area contributed by atoms with Crippen molar-refractivity contribution < 1.29 is 13.2 Å². The van der Waals surface area contributed by atoms with Gasteiger partial charge in [-0.25, -0.2) is 13.4 Å². The molecule has 35 heavy (non-hydrogen) atoms. The fraction of sp³-hybridized carbons (Fsp3) is 0.462. The summed E-state index contributed by atoms with van der Waals surface area (Å²) in [6.07, 6.45) is 1.91. The molecule has 1 N–H and O–H groups in total. The van der Waals surface area contributed by atoms with Crippen LogP contribution in [0.2, 0.25) is 0 Å². The molecule has 1 unspecified atom stereocenters. The number of carbonyl (C=O) groups is 1. The van der Waals surface area contributed by atoms with Crippen LogP contribution < -0.4 is 10.2 Å². The van der Waals surface area contributed by atoms with E-state index in [1.54, 1.807) is 18.2 Å². The summed E-state index contributed by atoms with van der Waals surface area (Å²) in [5.41, 5.74) is 2.71. The summed E-state index contributed by atoms with van der Waals surface area (Å²) in [4.78, 5) is 19.8. The maximum atomic E-state index is 12.9. The van der Waals surface area contributed by atoms with Crippen LogP contribution in [0.1, 0.15) is 32.5 Å². The van der Waals surface area contributed by atoms with E-state index in [4.69, 9.17) is 0 Å². The molecule has 0 radical (unpaired) electrons. The summed E-state index contributed by atoms with van der Waals surface area (Å²) in [7, 11) is -1.64. The molecule has 1 amide bonds. The zero-order valence-corrected chi connectivity index (χ0v) is 21.6. The smallest absolute Gasteiger partial charge is 0.243 e. The van der Waals surface area contributed by atoms with E-state index < -0.39 is 10.0 Å². The SMILES string of the molecule is CCN(CC)S(=O)(=O)c1ccc2c(c1)nc(CCC(=O)NCC1CCN(c3ccccc3)C1)n2C. The molecule has 1 saturated heterocycles. The molecule has 2 aromatic carbocycles. The molecule has 2 heterocycles. The number of imidazole rings is 1. The normalized spacial score (nSPS) is 16.3. The average molecular weight is 498 g/mol. The van der Waals surface area contributed by atoms with Gasteiger partial charge in [0.25, 0.3) is 0 Å². The van der Waals surface area contributed by atoms with Crippen LogP contribution in [0.5, 0.6) is 0 Å². The highest BCUT2D eigenvalue weighted by molar-refractivity contribution is 7.89. The highest BCUT2D eigenvalue weighted by atomic mass is 32.2. The van der Waals surface area contributed by atoms with Gasteiger partial charge >= 0.3 is 0 Å². The number of benzene rings is 2. The van der Waals surface area contributed by atoms with E-state index in [-0.39, 0.29) is 10.8 Å². The molecule has 0 saturated carbocycles. The number of nitrogens with zero attached hydrogens (tertiary/aromatic N) is 4. The van der Waals surface area contributed by atoms with Crippen molar-refractivity contribution in [3.05, 3.63) is 54.4 Å². The van der Waals surface area contributed by atoms with Gasteiger partial charge in [0.1, 0.15) is 5.82 Å². The number of carbonyl (C=O) groups excluding carboxylic acids is 1. The van der Waals surface area contributed by atoms with Crippen LogP contribution in [0.15, 0.2) is 53.4 Å². The first-order valence-corrected chi connectivity index (χ1v) is 13.8. The number of rotatable bonds is 10. The summed E-state index contributed by atoms with van der Waals surface area (Å²) in [6, 6.07) is 15.4. The van der Waals surface area contributed by atoms with Crippen molar-refractivity contribution in [3.63, 3.8) is 0 Å². The minimum atomic E-state index is -3.54. The first kappa shape index (κ1) is 25.2. The van der Waals surface area contributed by atoms with Crippen LogP contribution >= 0.6 is 0 Å². The lowest BCUT2D eigenvalue weighted by molar-refractivity contribution is -0.121. The summed E-state index contributed by atoms with van der Waals surface area (Å²) < 4.78 is 29.1. The number of para-hydroxylation sites is 1. The Labute approximate surface area is 208 Å². The standard InChI is InChI=1S/C26H35N5O3S/c1-4-31(5-2)35(33,34)22-11-12-24-23(17-22)28-25(29(24)3)13-14-26(32)27-18-20-15-16-30(19-20)21-9-7-6-8-10-21/h6-12,17,20H,4-5,13-16,18-19H2,1-3H3,(H,27,32). The second kappa shape index (κ2) is 10.8. The number of anilines is 1. The van der Waals surface area contributed by atoms with Crippen molar-refractivity contribution in [2.45, 2.75) is 38.0 Å². The molecule has 1 aliphatic heterocycles. The van der Waals surface area contributed by atoms with Crippen LogP contribution in [-0.2, 0) is 28.3 Å². The number of aromatic nitrogens is 2. The minimum absolute atomic E-state index is 0.0139. The van der Waals surface area contributed by atoms with Gasteiger partial charge < -0.3 is 14.8 Å². The molecular weight excluding hydrogens is 462 g/mol. The van der Waals surface area contributed by atoms with Gasteiger partial charge in [-0.1, -0.05) is 32.0 Å². The van der Waals surface area contributed by atoms with Crippen LogP contribution in [0, 0.1) is 5.92 Å². The van der Waals surface area contributed by atoms with Gasteiger partial charge in [0.05, 0.1) is 15.9 Å². The lowest BCUT2D eigenvalue weighted by atomic mass is 10.1. The fourth-order valence-electron chi connectivity index (χ4n) is 4.77. The fourth-order valence-corrected chi connectivity index (χ4v) is 6.25. The first-order chi connectivity index (χ1) is 16.8. The van der Waals surface area contributed by atoms with Gasteiger partial charge in [0.15, 0.2) is 0 Å². The Morgan fingerprint density at radius 1 is 1.14 bits per heavy atom. The number of aryl methyl sites for hydroxylation is 2. The van der Waals surface area contributed by atoms with Crippen molar-refractivity contribution in [2.75, 3.05) is 37.6 Å². The van der Waals surface area contributed by atoms with Crippen LogP contribution in [-0.4, -0.2) is 60.9 Å². The molecule has 4 rings (SSSR count). The highest BCUT2D eigenvalue weighted by Gasteiger charge is 2.24. The van der Waals surface area contributed by atoms with Crippen molar-refractivity contribution in [3.8, 4) is 0 Å². The third-order valence-electron chi connectivity index (χ3n) is 6.86. The van der Waals surface area contributed by atoms with Crippen LogP contribution in [0.4, 0.5) is 5.69 Å².